The van der Waals surface area contributed by atoms with Crippen molar-refractivity contribution in [3.8, 4) is 0 Å². The summed E-state index contributed by atoms with van der Waals surface area (Å²) in [5.74, 6) is 0.113. The number of halogens is 4. The van der Waals surface area contributed by atoms with E-state index >= 15 is 0 Å². The van der Waals surface area contributed by atoms with E-state index in [1.807, 2.05) is 6.07 Å². The molecule has 0 spiro atoms. The Morgan fingerprint density at radius 1 is 1.07 bits per heavy atom. The van der Waals surface area contributed by atoms with Gasteiger partial charge in [0.15, 0.2) is 0 Å². The average molecular weight is 626 g/mol. The largest absolute Gasteiger partial charge is 0.325 e. The number of anilines is 1. The lowest BCUT2D eigenvalue weighted by Gasteiger charge is -2.28. The van der Waals surface area contributed by atoms with Crippen molar-refractivity contribution in [2.24, 2.45) is 23.7 Å². The number of alkyl halides is 2. The number of carbonyl (C=O) groups is 3. The zero-order chi connectivity index (χ0) is 21.6. The number of hydrogen-bond acceptors (Lipinski definition) is 3. The molecule has 3 amide bonds. The van der Waals surface area contributed by atoms with E-state index in [0.717, 1.165) is 17.3 Å². The van der Waals surface area contributed by atoms with Crippen molar-refractivity contribution in [2.75, 3.05) is 11.9 Å². The van der Waals surface area contributed by atoms with Crippen molar-refractivity contribution in [1.29, 1.82) is 0 Å². The molecule has 1 saturated heterocycles. The molecule has 2 aliphatic carbocycles. The molecule has 3 fully saturated rings. The maximum absolute atomic E-state index is 12.9. The molecule has 162 valence electrons. The van der Waals surface area contributed by atoms with E-state index in [0.29, 0.717) is 36.5 Å². The second-order valence-corrected chi connectivity index (χ2v) is 11.8. The summed E-state index contributed by atoms with van der Waals surface area (Å²) in [5, 5.41) is 3.30. The highest BCUT2D eigenvalue weighted by atomic mass is 79.9. The first-order valence-corrected chi connectivity index (χ1v) is 13.2. The fourth-order valence-corrected chi connectivity index (χ4v) is 7.76. The van der Waals surface area contributed by atoms with Crippen molar-refractivity contribution in [3.63, 3.8) is 0 Å². The van der Waals surface area contributed by atoms with Crippen LogP contribution in [0.2, 0.25) is 5.02 Å². The predicted molar refractivity (Wildman–Crippen MR) is 127 cm³/mol. The molecule has 6 atom stereocenters. The lowest BCUT2D eigenvalue weighted by Crippen LogP contribution is -2.37. The van der Waals surface area contributed by atoms with Crippen LogP contribution in [0.25, 0.3) is 0 Å². The number of fused-ring (bicyclic) bond motifs is 5. The van der Waals surface area contributed by atoms with Gasteiger partial charge in [0.05, 0.1) is 22.5 Å². The Labute approximate surface area is 206 Å². The highest BCUT2D eigenvalue weighted by Crippen LogP contribution is 2.60. The van der Waals surface area contributed by atoms with Crippen LogP contribution in [0.3, 0.4) is 0 Å². The van der Waals surface area contributed by atoms with Crippen LogP contribution in [0.15, 0.2) is 22.7 Å². The van der Waals surface area contributed by atoms with Crippen LogP contribution in [0, 0.1) is 23.7 Å². The topological polar surface area (TPSA) is 66.5 Å². The quantitative estimate of drug-likeness (QED) is 0.252. The number of benzene rings is 1. The van der Waals surface area contributed by atoms with Crippen LogP contribution in [-0.4, -0.2) is 38.8 Å². The zero-order valence-electron chi connectivity index (χ0n) is 16.1. The van der Waals surface area contributed by atoms with Gasteiger partial charge in [-0.3, -0.25) is 19.3 Å². The Morgan fingerprint density at radius 2 is 1.70 bits per heavy atom. The number of amides is 3. The molecule has 0 unspecified atom stereocenters. The molecule has 1 aromatic rings. The number of nitrogens with one attached hydrogen (secondary N) is 1. The van der Waals surface area contributed by atoms with Gasteiger partial charge in [-0.2, -0.15) is 0 Å². The van der Waals surface area contributed by atoms with Gasteiger partial charge >= 0.3 is 0 Å². The maximum Gasteiger partial charge on any atom is 0.233 e. The van der Waals surface area contributed by atoms with Crippen LogP contribution in [-0.2, 0) is 14.4 Å². The van der Waals surface area contributed by atoms with Gasteiger partial charge in [-0.15, -0.1) is 0 Å². The second-order valence-electron chi connectivity index (χ2n) is 8.31. The predicted octanol–water partition coefficient (Wildman–Crippen LogP) is 5.38. The normalized spacial score (nSPS) is 32.1. The van der Waals surface area contributed by atoms with Gasteiger partial charge in [-0.25, -0.2) is 0 Å². The van der Waals surface area contributed by atoms with Crippen molar-refractivity contribution >= 4 is 82.8 Å². The minimum Gasteiger partial charge on any atom is -0.325 e. The number of likely N-dealkylation sites (tertiary alicyclic amines) is 1. The van der Waals surface area contributed by atoms with E-state index < -0.39 is 0 Å². The Hall–Kier alpha value is -0.440. The molecule has 1 aromatic carbocycles. The number of unbranched alkanes of at least 4 members (excludes halogenated alkanes) is 2. The Morgan fingerprint density at radius 3 is 2.30 bits per heavy atom. The van der Waals surface area contributed by atoms with E-state index in [1.54, 1.807) is 12.1 Å². The number of carbonyl (C=O) groups excluding carboxylic acids is 3. The second kappa shape index (κ2) is 9.20. The number of rotatable bonds is 7. The molecule has 0 aromatic heterocycles. The first kappa shape index (κ1) is 22.7. The number of imide groups is 1. The third kappa shape index (κ3) is 4.14. The fraction of sp³-hybridized carbons (Fsp3) is 0.571. The van der Waals surface area contributed by atoms with Gasteiger partial charge in [-0.1, -0.05) is 65.8 Å². The lowest BCUT2D eigenvalue weighted by molar-refractivity contribution is -0.140. The molecular weight excluding hydrogens is 603 g/mol. The summed E-state index contributed by atoms with van der Waals surface area (Å²) >= 11 is 16.9. The highest BCUT2D eigenvalue weighted by Gasteiger charge is 2.66. The molecule has 0 radical (unpaired) electrons. The van der Waals surface area contributed by atoms with E-state index in [1.165, 1.54) is 4.90 Å². The smallest absolute Gasteiger partial charge is 0.233 e. The van der Waals surface area contributed by atoms with E-state index in [9.17, 15) is 14.4 Å². The Balaban J connectivity index is 1.21. The molecular formula is C21H22Br3ClN2O3. The first-order valence-electron chi connectivity index (χ1n) is 10.2. The van der Waals surface area contributed by atoms with Gasteiger partial charge in [0.1, 0.15) is 0 Å². The van der Waals surface area contributed by atoms with Crippen LogP contribution < -0.4 is 5.32 Å². The summed E-state index contributed by atoms with van der Waals surface area (Å²) in [6, 6.07) is 5.31. The molecule has 1 N–H and O–H groups in total. The minimum absolute atomic E-state index is 0.00368. The molecule has 2 saturated carbocycles. The Kier molecular flexibility index (Phi) is 6.97. The van der Waals surface area contributed by atoms with Gasteiger partial charge in [0, 0.05) is 27.1 Å². The Bertz CT molecular complexity index is 851. The van der Waals surface area contributed by atoms with Gasteiger partial charge in [-0.05, 0) is 49.3 Å². The van der Waals surface area contributed by atoms with Gasteiger partial charge in [0.25, 0.3) is 0 Å². The molecule has 1 heterocycles. The standard InChI is InChI=1S/C21H22Br3ClN2O3/c22-10-5-6-14(13(25)8-10)26-15(28)4-2-1-3-7-27-20(29)16-11-9-12(17(16)21(27)30)19(24)18(11)23/h5-6,8,11-12,16-19H,1-4,7,9H2,(H,26,28)/t11-,12-,16-,17+,18+,19+/m1/s1. The molecule has 30 heavy (non-hydrogen) atoms. The molecule has 9 heteroatoms. The molecule has 3 aliphatic rings. The third-order valence-electron chi connectivity index (χ3n) is 6.57. The summed E-state index contributed by atoms with van der Waals surface area (Å²) in [6.07, 6.45) is 3.52. The van der Waals surface area contributed by atoms with Crippen LogP contribution in [0.5, 0.6) is 0 Å². The minimum atomic E-state index is -0.151. The molecule has 4 rings (SSSR count). The van der Waals surface area contributed by atoms with Gasteiger partial charge < -0.3 is 5.32 Å². The van der Waals surface area contributed by atoms with Crippen molar-refractivity contribution in [1.82, 2.24) is 4.90 Å². The third-order valence-corrected chi connectivity index (χ3v) is 10.6. The average Bonchev–Trinajstić information content (AvgIpc) is 3.30. The van der Waals surface area contributed by atoms with Crippen molar-refractivity contribution in [3.05, 3.63) is 27.7 Å². The number of nitrogens with zero attached hydrogens (tertiary/aromatic N) is 1. The zero-order valence-corrected chi connectivity index (χ0v) is 21.6. The van der Waals surface area contributed by atoms with Crippen LogP contribution in [0.4, 0.5) is 5.69 Å². The monoisotopic (exact) mass is 622 g/mol. The SMILES string of the molecule is O=C(CCCCCN1C(=O)[C@@H]2[C@H]3C[C@@H]([C@H](Br)[C@H]3Br)[C@@H]2C1=O)Nc1ccc(Br)cc1Cl. The van der Waals surface area contributed by atoms with Gasteiger partial charge in [0.2, 0.25) is 17.7 Å². The number of hydrogen-bond donors (Lipinski definition) is 1. The highest BCUT2D eigenvalue weighted by molar-refractivity contribution is 9.12. The summed E-state index contributed by atoms with van der Waals surface area (Å²) in [6.45, 7) is 0.449. The molecule has 5 nitrogen and oxygen atoms in total. The van der Waals surface area contributed by atoms with Crippen molar-refractivity contribution in [2.45, 2.75) is 41.8 Å². The fourth-order valence-electron chi connectivity index (χ4n) is 5.17. The van der Waals surface area contributed by atoms with E-state index in [2.05, 4.69) is 53.1 Å². The van der Waals surface area contributed by atoms with Crippen LogP contribution in [0.1, 0.15) is 32.1 Å². The summed E-state index contributed by atoms with van der Waals surface area (Å²) in [7, 11) is 0. The summed E-state index contributed by atoms with van der Waals surface area (Å²) in [4.78, 5) is 39.9. The first-order chi connectivity index (χ1) is 14.3. The maximum atomic E-state index is 12.9. The summed E-state index contributed by atoms with van der Waals surface area (Å²) in [5.41, 5.74) is 0.592. The van der Waals surface area contributed by atoms with E-state index in [4.69, 9.17) is 11.6 Å². The van der Waals surface area contributed by atoms with E-state index in [-0.39, 0.29) is 51.0 Å². The lowest BCUT2D eigenvalue weighted by atomic mass is 9.81. The summed E-state index contributed by atoms with van der Waals surface area (Å²) < 4.78 is 0.854. The molecule has 1 aliphatic heterocycles. The van der Waals surface area contributed by atoms with Crippen molar-refractivity contribution < 1.29 is 14.4 Å². The van der Waals surface area contributed by atoms with Crippen LogP contribution >= 0.6 is 59.4 Å². The molecule has 2 bridgehead atoms.